The van der Waals surface area contributed by atoms with E-state index in [-0.39, 0.29) is 24.6 Å². The van der Waals surface area contributed by atoms with Gasteiger partial charge in [-0.15, -0.1) is 0 Å². The standard InChI is InChI=1S/C24H26Cl2N4O3/c1-2-33-24(32)29-13-11-28(12-14-29)16-23(31)30-22(18-8-4-6-10-20(18)26)15-21(27-30)17-7-3-5-9-19(17)25/h3-10,22H,2,11-16H2,1H3. The first-order valence-electron chi connectivity index (χ1n) is 11.0. The molecule has 4 rings (SSSR count). The summed E-state index contributed by atoms with van der Waals surface area (Å²) in [7, 11) is 0. The molecule has 2 aliphatic rings. The van der Waals surface area contributed by atoms with Crippen molar-refractivity contribution in [3.63, 3.8) is 0 Å². The molecule has 2 heterocycles. The Morgan fingerprint density at radius 1 is 1.00 bits per heavy atom. The van der Waals surface area contributed by atoms with Crippen molar-refractivity contribution in [3.8, 4) is 0 Å². The molecule has 2 amide bonds. The summed E-state index contributed by atoms with van der Waals surface area (Å²) in [5, 5.41) is 7.43. The third kappa shape index (κ3) is 5.32. The average Bonchev–Trinajstić information content (AvgIpc) is 3.25. The summed E-state index contributed by atoms with van der Waals surface area (Å²) in [5.74, 6) is -0.119. The smallest absolute Gasteiger partial charge is 0.409 e. The Bertz CT molecular complexity index is 1050. The maximum absolute atomic E-state index is 13.4. The van der Waals surface area contributed by atoms with Gasteiger partial charge in [-0.1, -0.05) is 59.6 Å². The van der Waals surface area contributed by atoms with Crippen molar-refractivity contribution in [1.29, 1.82) is 0 Å². The summed E-state index contributed by atoms with van der Waals surface area (Å²) < 4.78 is 5.07. The second-order valence-corrected chi connectivity index (χ2v) is 8.78. The van der Waals surface area contributed by atoms with Crippen LogP contribution in [0.3, 0.4) is 0 Å². The monoisotopic (exact) mass is 488 g/mol. The highest BCUT2D eigenvalue weighted by Gasteiger charge is 2.35. The molecule has 1 fully saturated rings. The van der Waals surface area contributed by atoms with Crippen molar-refractivity contribution in [2.45, 2.75) is 19.4 Å². The van der Waals surface area contributed by atoms with Gasteiger partial charge in [0.25, 0.3) is 5.91 Å². The topological polar surface area (TPSA) is 65.5 Å². The number of rotatable bonds is 5. The highest BCUT2D eigenvalue weighted by molar-refractivity contribution is 6.34. The lowest BCUT2D eigenvalue weighted by Crippen LogP contribution is -2.51. The number of hydrogen-bond acceptors (Lipinski definition) is 5. The fourth-order valence-corrected chi connectivity index (χ4v) is 4.66. The molecule has 0 N–H and O–H groups in total. The van der Waals surface area contributed by atoms with Crippen LogP contribution >= 0.6 is 23.2 Å². The Morgan fingerprint density at radius 2 is 1.67 bits per heavy atom. The summed E-state index contributed by atoms with van der Waals surface area (Å²) in [5.41, 5.74) is 2.42. The second-order valence-electron chi connectivity index (χ2n) is 7.97. The van der Waals surface area contributed by atoms with Crippen molar-refractivity contribution in [2.75, 3.05) is 39.3 Å². The van der Waals surface area contributed by atoms with Crippen LogP contribution in [0.4, 0.5) is 4.79 Å². The van der Waals surface area contributed by atoms with E-state index in [2.05, 4.69) is 0 Å². The zero-order chi connectivity index (χ0) is 23.4. The summed E-state index contributed by atoms with van der Waals surface area (Å²) in [6.45, 7) is 4.57. The molecule has 0 bridgehead atoms. The van der Waals surface area contributed by atoms with Gasteiger partial charge in [0.15, 0.2) is 0 Å². The molecule has 0 spiro atoms. The Labute approximate surface area is 203 Å². The first-order valence-corrected chi connectivity index (χ1v) is 11.8. The van der Waals surface area contributed by atoms with E-state index in [4.69, 9.17) is 33.0 Å². The van der Waals surface area contributed by atoms with Crippen molar-refractivity contribution < 1.29 is 14.3 Å². The van der Waals surface area contributed by atoms with Crippen molar-refractivity contribution >= 4 is 40.9 Å². The molecule has 2 aromatic carbocycles. The number of amides is 2. The highest BCUT2D eigenvalue weighted by Crippen LogP contribution is 2.37. The number of piperazine rings is 1. The van der Waals surface area contributed by atoms with Crippen molar-refractivity contribution in [2.24, 2.45) is 5.10 Å². The Hall–Kier alpha value is -2.61. The largest absolute Gasteiger partial charge is 0.450 e. The molecule has 7 nitrogen and oxygen atoms in total. The number of hydrogen-bond donors (Lipinski definition) is 0. The number of hydrazone groups is 1. The molecule has 0 saturated carbocycles. The molecule has 2 aliphatic heterocycles. The lowest BCUT2D eigenvalue weighted by Gasteiger charge is -2.34. The van der Waals surface area contributed by atoms with Gasteiger partial charge in [0.1, 0.15) is 0 Å². The van der Waals surface area contributed by atoms with Gasteiger partial charge in [-0.25, -0.2) is 9.80 Å². The van der Waals surface area contributed by atoms with Crippen LogP contribution in [0.2, 0.25) is 10.0 Å². The summed E-state index contributed by atoms with van der Waals surface area (Å²) in [4.78, 5) is 29.0. The summed E-state index contributed by atoms with van der Waals surface area (Å²) >= 11 is 12.9. The van der Waals surface area contributed by atoms with Crippen LogP contribution in [-0.2, 0) is 9.53 Å². The predicted molar refractivity (Wildman–Crippen MR) is 129 cm³/mol. The number of ether oxygens (including phenoxy) is 1. The SMILES string of the molecule is CCOC(=O)N1CCN(CC(=O)N2N=C(c3ccccc3Cl)CC2c2ccccc2Cl)CC1. The fraction of sp³-hybridized carbons (Fsp3) is 0.375. The van der Waals surface area contributed by atoms with Gasteiger partial charge in [0, 0.05) is 48.2 Å². The van der Waals surface area contributed by atoms with E-state index in [1.54, 1.807) is 11.8 Å². The van der Waals surface area contributed by atoms with Gasteiger partial charge < -0.3 is 9.64 Å². The van der Waals surface area contributed by atoms with E-state index in [1.165, 1.54) is 5.01 Å². The van der Waals surface area contributed by atoms with Crippen LogP contribution in [0.1, 0.15) is 30.5 Å². The zero-order valence-corrected chi connectivity index (χ0v) is 19.9. The molecule has 0 aromatic heterocycles. The maximum atomic E-state index is 13.4. The molecule has 9 heteroatoms. The molecule has 33 heavy (non-hydrogen) atoms. The number of benzene rings is 2. The van der Waals surface area contributed by atoms with E-state index >= 15 is 0 Å². The molecule has 1 saturated heterocycles. The Kier molecular flexibility index (Phi) is 7.53. The minimum atomic E-state index is -0.309. The maximum Gasteiger partial charge on any atom is 0.409 e. The number of nitrogens with zero attached hydrogens (tertiary/aromatic N) is 4. The van der Waals surface area contributed by atoms with Crippen molar-refractivity contribution in [3.05, 3.63) is 69.7 Å². The average molecular weight is 489 g/mol. The number of halogens is 2. The molecule has 1 unspecified atom stereocenters. The minimum absolute atomic E-state index is 0.119. The first-order chi connectivity index (χ1) is 16.0. The van der Waals surface area contributed by atoms with Gasteiger partial charge in [0.2, 0.25) is 0 Å². The van der Waals surface area contributed by atoms with Gasteiger partial charge in [-0.2, -0.15) is 5.10 Å². The van der Waals surface area contributed by atoms with Crippen LogP contribution in [0.15, 0.2) is 53.6 Å². The van der Waals surface area contributed by atoms with Crippen molar-refractivity contribution in [1.82, 2.24) is 14.8 Å². The highest BCUT2D eigenvalue weighted by atomic mass is 35.5. The normalized spacial score (nSPS) is 18.9. The lowest BCUT2D eigenvalue weighted by atomic mass is 9.98. The van der Waals surface area contributed by atoms with Crippen LogP contribution < -0.4 is 0 Å². The van der Waals surface area contributed by atoms with Gasteiger partial charge in [-0.3, -0.25) is 9.69 Å². The van der Waals surface area contributed by atoms with Crippen LogP contribution in [0.25, 0.3) is 0 Å². The van der Waals surface area contributed by atoms with Crippen LogP contribution in [0.5, 0.6) is 0 Å². The van der Waals surface area contributed by atoms with Gasteiger partial charge >= 0.3 is 6.09 Å². The van der Waals surface area contributed by atoms with E-state index in [0.29, 0.717) is 49.3 Å². The first kappa shape index (κ1) is 23.5. The quantitative estimate of drug-likeness (QED) is 0.623. The molecule has 174 valence electrons. The Balaban J connectivity index is 1.51. The molecule has 0 aliphatic carbocycles. The van der Waals surface area contributed by atoms with Crippen LogP contribution in [-0.4, -0.2) is 71.9 Å². The predicted octanol–water partition coefficient (Wildman–Crippen LogP) is 4.45. The molecule has 1 atom stereocenters. The third-order valence-corrected chi connectivity index (χ3v) is 6.55. The number of carbonyl (C=O) groups excluding carboxylic acids is 2. The molecular weight excluding hydrogens is 463 g/mol. The third-order valence-electron chi connectivity index (χ3n) is 5.87. The van der Waals surface area contributed by atoms with E-state index in [0.717, 1.165) is 16.8 Å². The second kappa shape index (κ2) is 10.5. The lowest BCUT2D eigenvalue weighted by molar-refractivity contribution is -0.134. The molecule has 0 radical (unpaired) electrons. The number of carbonyl (C=O) groups is 2. The van der Waals surface area contributed by atoms with E-state index < -0.39 is 0 Å². The van der Waals surface area contributed by atoms with E-state index in [1.807, 2.05) is 53.4 Å². The van der Waals surface area contributed by atoms with Gasteiger partial charge in [0.05, 0.1) is 24.9 Å². The fourth-order valence-electron chi connectivity index (χ4n) is 4.15. The Morgan fingerprint density at radius 3 is 2.33 bits per heavy atom. The minimum Gasteiger partial charge on any atom is -0.450 e. The molecule has 2 aromatic rings. The van der Waals surface area contributed by atoms with Crippen LogP contribution in [0, 0.1) is 0 Å². The van der Waals surface area contributed by atoms with Gasteiger partial charge in [-0.05, 0) is 24.6 Å². The summed E-state index contributed by atoms with van der Waals surface area (Å²) in [6.07, 6.45) is 0.214. The zero-order valence-electron chi connectivity index (χ0n) is 18.4. The van der Waals surface area contributed by atoms with E-state index in [9.17, 15) is 9.59 Å². The molecular formula is C24H26Cl2N4O3. The summed E-state index contributed by atoms with van der Waals surface area (Å²) in [6, 6.07) is 14.7.